The highest BCUT2D eigenvalue weighted by molar-refractivity contribution is 5.93. The fourth-order valence-electron chi connectivity index (χ4n) is 2.34. The number of amides is 1. The van der Waals surface area contributed by atoms with Gasteiger partial charge in [0.2, 0.25) is 0 Å². The maximum atomic E-state index is 12.2. The monoisotopic (exact) mass is 340 g/mol. The van der Waals surface area contributed by atoms with Crippen molar-refractivity contribution >= 4 is 17.3 Å². The molecule has 0 bridgehead atoms. The van der Waals surface area contributed by atoms with E-state index in [9.17, 15) is 4.79 Å². The van der Waals surface area contributed by atoms with Gasteiger partial charge in [-0.25, -0.2) is 0 Å². The number of carbonyl (C=O) groups is 1. The van der Waals surface area contributed by atoms with E-state index < -0.39 is 0 Å². The van der Waals surface area contributed by atoms with Gasteiger partial charge in [-0.3, -0.25) is 9.78 Å². The molecule has 0 aliphatic carbocycles. The van der Waals surface area contributed by atoms with Gasteiger partial charge in [0.05, 0.1) is 0 Å². The van der Waals surface area contributed by atoms with E-state index in [1.807, 2.05) is 25.1 Å². The van der Waals surface area contributed by atoms with Crippen molar-refractivity contribution < 1.29 is 4.79 Å². The van der Waals surface area contributed by atoms with Crippen molar-refractivity contribution in [1.82, 2.24) is 15.2 Å². The summed E-state index contributed by atoms with van der Waals surface area (Å²) >= 11 is 0. The normalized spacial score (nSPS) is 11.4. The lowest BCUT2D eigenvalue weighted by Gasteiger charge is -2.19. The summed E-state index contributed by atoms with van der Waals surface area (Å²) in [7, 11) is 3.94. The van der Waals surface area contributed by atoms with Crippen LogP contribution in [0.25, 0.3) is 0 Å². The molecule has 2 N–H and O–H groups in total. The van der Waals surface area contributed by atoms with Crippen LogP contribution in [0.3, 0.4) is 0 Å². The molecule has 0 saturated heterocycles. The molecule has 5 nitrogen and oxygen atoms in total. The first-order valence-corrected chi connectivity index (χ1v) is 8.52. The van der Waals surface area contributed by atoms with E-state index in [4.69, 9.17) is 0 Å². The third-order valence-corrected chi connectivity index (χ3v) is 3.88. The highest BCUT2D eigenvalue weighted by Crippen LogP contribution is 2.24. The van der Waals surface area contributed by atoms with Crippen molar-refractivity contribution in [2.24, 2.45) is 0 Å². The second-order valence-corrected chi connectivity index (χ2v) is 7.44. The van der Waals surface area contributed by atoms with Gasteiger partial charge in [-0.1, -0.05) is 32.9 Å². The number of likely N-dealkylation sites (N-methyl/N-ethyl adjacent to an activating group) is 1. The van der Waals surface area contributed by atoms with Crippen LogP contribution in [-0.2, 0) is 5.41 Å². The van der Waals surface area contributed by atoms with Gasteiger partial charge in [0.15, 0.2) is 0 Å². The topological polar surface area (TPSA) is 57.3 Å². The third-order valence-electron chi connectivity index (χ3n) is 3.88. The first kappa shape index (κ1) is 18.9. The zero-order chi connectivity index (χ0) is 18.4. The number of pyridine rings is 1. The lowest BCUT2D eigenvalue weighted by atomic mass is 9.87. The number of hydrogen-bond donors (Lipinski definition) is 2. The standard InChI is InChI=1S/C20H28N4O/c1-20(2,3)15-6-8-16(9-7-15)23-17-10-11-21-18(14-17)19(25)22-12-13-24(4)5/h6-11,14H,12-13H2,1-5H3,(H,21,23)(H,22,25). The summed E-state index contributed by atoms with van der Waals surface area (Å²) in [6, 6.07) is 12.0. The van der Waals surface area contributed by atoms with Crippen LogP contribution in [0.5, 0.6) is 0 Å². The zero-order valence-corrected chi connectivity index (χ0v) is 15.8. The van der Waals surface area contributed by atoms with Crippen molar-refractivity contribution in [1.29, 1.82) is 0 Å². The first-order chi connectivity index (χ1) is 11.8. The molecule has 1 aromatic heterocycles. The van der Waals surface area contributed by atoms with Crippen LogP contribution in [0.1, 0.15) is 36.8 Å². The molecule has 0 spiro atoms. The minimum atomic E-state index is -0.159. The van der Waals surface area contributed by atoms with Crippen molar-refractivity contribution in [3.8, 4) is 0 Å². The number of benzene rings is 1. The number of carbonyl (C=O) groups excluding carboxylic acids is 1. The molecule has 0 atom stereocenters. The fourth-order valence-corrected chi connectivity index (χ4v) is 2.34. The predicted molar refractivity (Wildman–Crippen MR) is 104 cm³/mol. The average molecular weight is 340 g/mol. The Bertz CT molecular complexity index is 702. The summed E-state index contributed by atoms with van der Waals surface area (Å²) in [4.78, 5) is 18.3. The van der Waals surface area contributed by atoms with E-state index in [2.05, 4.69) is 60.7 Å². The Labute approximate surface area is 150 Å². The van der Waals surface area contributed by atoms with Crippen LogP contribution in [0.4, 0.5) is 11.4 Å². The van der Waals surface area contributed by atoms with Gasteiger partial charge in [0.25, 0.3) is 5.91 Å². The van der Waals surface area contributed by atoms with Gasteiger partial charge >= 0.3 is 0 Å². The van der Waals surface area contributed by atoms with Gasteiger partial charge in [-0.2, -0.15) is 0 Å². The molecule has 0 fully saturated rings. The molecule has 1 heterocycles. The Morgan fingerprint density at radius 1 is 1.08 bits per heavy atom. The SMILES string of the molecule is CN(C)CCNC(=O)c1cc(Nc2ccc(C(C)(C)C)cc2)ccn1. The number of anilines is 2. The predicted octanol–water partition coefficient (Wildman–Crippen LogP) is 3.41. The Balaban J connectivity index is 2.02. The van der Waals surface area contributed by atoms with Crippen molar-refractivity contribution in [3.05, 3.63) is 53.9 Å². The minimum absolute atomic E-state index is 0.132. The van der Waals surface area contributed by atoms with E-state index in [0.717, 1.165) is 17.9 Å². The lowest BCUT2D eigenvalue weighted by Crippen LogP contribution is -2.31. The van der Waals surface area contributed by atoms with E-state index >= 15 is 0 Å². The summed E-state index contributed by atoms with van der Waals surface area (Å²) in [6.07, 6.45) is 1.65. The van der Waals surface area contributed by atoms with Crippen LogP contribution in [0, 0.1) is 0 Å². The highest BCUT2D eigenvalue weighted by Gasteiger charge is 2.13. The quantitative estimate of drug-likeness (QED) is 0.846. The Morgan fingerprint density at radius 3 is 2.36 bits per heavy atom. The third kappa shape index (κ3) is 5.87. The number of nitrogens with one attached hydrogen (secondary N) is 2. The van der Waals surface area contributed by atoms with Crippen molar-refractivity contribution in [2.75, 3.05) is 32.5 Å². The molecule has 1 amide bonds. The summed E-state index contributed by atoms with van der Waals surface area (Å²) in [5.41, 5.74) is 3.66. The summed E-state index contributed by atoms with van der Waals surface area (Å²) in [6.45, 7) is 7.97. The molecular formula is C20H28N4O. The molecule has 0 radical (unpaired) electrons. The number of hydrogen-bond acceptors (Lipinski definition) is 4. The minimum Gasteiger partial charge on any atom is -0.355 e. The first-order valence-electron chi connectivity index (χ1n) is 8.52. The van der Waals surface area contributed by atoms with Crippen LogP contribution in [0.2, 0.25) is 0 Å². The van der Waals surface area contributed by atoms with Crippen LogP contribution < -0.4 is 10.6 Å². The Kier molecular flexibility index (Phi) is 6.15. The van der Waals surface area contributed by atoms with Gasteiger partial charge in [0.1, 0.15) is 5.69 Å². The van der Waals surface area contributed by atoms with Crippen LogP contribution in [-0.4, -0.2) is 43.0 Å². The summed E-state index contributed by atoms with van der Waals surface area (Å²) in [5, 5.41) is 6.20. The largest absolute Gasteiger partial charge is 0.355 e. The molecule has 25 heavy (non-hydrogen) atoms. The average Bonchev–Trinajstić information content (AvgIpc) is 2.54. The van der Waals surface area contributed by atoms with E-state index in [1.165, 1.54) is 5.56 Å². The highest BCUT2D eigenvalue weighted by atomic mass is 16.1. The Morgan fingerprint density at radius 2 is 1.76 bits per heavy atom. The molecule has 2 rings (SSSR count). The van der Waals surface area contributed by atoms with Crippen molar-refractivity contribution in [2.45, 2.75) is 26.2 Å². The molecule has 134 valence electrons. The lowest BCUT2D eigenvalue weighted by molar-refractivity contribution is 0.0946. The van der Waals surface area contributed by atoms with E-state index in [-0.39, 0.29) is 11.3 Å². The molecule has 5 heteroatoms. The van der Waals surface area contributed by atoms with Gasteiger partial charge in [0, 0.05) is 30.7 Å². The van der Waals surface area contributed by atoms with Crippen LogP contribution >= 0.6 is 0 Å². The molecule has 0 unspecified atom stereocenters. The van der Waals surface area contributed by atoms with E-state index in [0.29, 0.717) is 12.2 Å². The second-order valence-electron chi connectivity index (χ2n) is 7.44. The summed E-state index contributed by atoms with van der Waals surface area (Å²) < 4.78 is 0. The number of nitrogens with zero attached hydrogens (tertiary/aromatic N) is 2. The Hall–Kier alpha value is -2.40. The van der Waals surface area contributed by atoms with Crippen LogP contribution in [0.15, 0.2) is 42.6 Å². The van der Waals surface area contributed by atoms with E-state index in [1.54, 1.807) is 12.3 Å². The summed E-state index contributed by atoms with van der Waals surface area (Å²) in [5.74, 6) is -0.159. The molecule has 0 aliphatic heterocycles. The molecule has 0 aliphatic rings. The van der Waals surface area contributed by atoms with Gasteiger partial charge in [-0.15, -0.1) is 0 Å². The maximum Gasteiger partial charge on any atom is 0.269 e. The van der Waals surface area contributed by atoms with Gasteiger partial charge in [-0.05, 0) is 49.3 Å². The number of aromatic nitrogens is 1. The molecule has 0 saturated carbocycles. The number of rotatable bonds is 6. The molecule has 2 aromatic rings. The molecule has 1 aromatic carbocycles. The second kappa shape index (κ2) is 8.12. The fraction of sp³-hybridized carbons (Fsp3) is 0.400. The van der Waals surface area contributed by atoms with Crippen molar-refractivity contribution in [3.63, 3.8) is 0 Å². The maximum absolute atomic E-state index is 12.2. The molecular weight excluding hydrogens is 312 g/mol. The van der Waals surface area contributed by atoms with Gasteiger partial charge < -0.3 is 15.5 Å². The smallest absolute Gasteiger partial charge is 0.269 e. The zero-order valence-electron chi connectivity index (χ0n) is 15.8.